The average molecular weight is 328 g/mol. The SMILES string of the molecule is CON(C)S(=O)(=O)c1cccc(C(=O)NC[C@H]2CCOC2)c1. The van der Waals surface area contributed by atoms with Gasteiger partial charge in [-0.1, -0.05) is 10.5 Å². The maximum atomic E-state index is 12.2. The molecular weight excluding hydrogens is 308 g/mol. The lowest BCUT2D eigenvalue weighted by Crippen LogP contribution is -2.30. The first-order valence-electron chi connectivity index (χ1n) is 6.94. The number of amides is 1. The van der Waals surface area contributed by atoms with Crippen LogP contribution in [-0.4, -0.2) is 52.7 Å². The van der Waals surface area contributed by atoms with Crippen molar-refractivity contribution in [3.05, 3.63) is 29.8 Å². The lowest BCUT2D eigenvalue weighted by Gasteiger charge is -2.15. The number of nitrogens with one attached hydrogen (secondary N) is 1. The Morgan fingerprint density at radius 2 is 2.27 bits per heavy atom. The highest BCUT2D eigenvalue weighted by Crippen LogP contribution is 2.16. The summed E-state index contributed by atoms with van der Waals surface area (Å²) in [4.78, 5) is 16.9. The molecule has 1 atom stereocenters. The van der Waals surface area contributed by atoms with Crippen LogP contribution in [0.2, 0.25) is 0 Å². The second-order valence-corrected chi connectivity index (χ2v) is 7.00. The zero-order valence-electron chi connectivity index (χ0n) is 12.6. The van der Waals surface area contributed by atoms with Gasteiger partial charge in [-0.05, 0) is 24.6 Å². The standard InChI is InChI=1S/C14H20N2O5S/c1-16(20-2)22(18,19)13-5-3-4-12(8-13)14(17)15-9-11-6-7-21-10-11/h3-5,8,11H,6-7,9-10H2,1-2H3,(H,15,17)/t11-/m1/s1. The number of hydroxylamine groups is 1. The smallest absolute Gasteiger partial charge is 0.264 e. The number of rotatable bonds is 6. The van der Waals surface area contributed by atoms with Crippen molar-refractivity contribution < 1.29 is 22.8 Å². The fourth-order valence-electron chi connectivity index (χ4n) is 2.13. The normalized spacial score (nSPS) is 18.6. The van der Waals surface area contributed by atoms with Gasteiger partial charge >= 0.3 is 0 Å². The minimum absolute atomic E-state index is 0.00806. The van der Waals surface area contributed by atoms with E-state index < -0.39 is 10.0 Å². The highest BCUT2D eigenvalue weighted by Gasteiger charge is 2.22. The number of carbonyl (C=O) groups is 1. The minimum atomic E-state index is -3.76. The van der Waals surface area contributed by atoms with Crippen LogP contribution in [0.4, 0.5) is 0 Å². The zero-order valence-corrected chi connectivity index (χ0v) is 13.4. The fraction of sp³-hybridized carbons (Fsp3) is 0.500. The van der Waals surface area contributed by atoms with E-state index in [1.165, 1.54) is 32.4 Å². The highest BCUT2D eigenvalue weighted by atomic mass is 32.2. The predicted molar refractivity (Wildman–Crippen MR) is 79.7 cm³/mol. The molecule has 2 rings (SSSR count). The molecule has 1 aromatic carbocycles. The molecule has 0 radical (unpaired) electrons. The highest BCUT2D eigenvalue weighted by molar-refractivity contribution is 7.89. The van der Waals surface area contributed by atoms with Gasteiger partial charge in [-0.2, -0.15) is 0 Å². The van der Waals surface area contributed by atoms with Gasteiger partial charge in [0.25, 0.3) is 15.9 Å². The maximum Gasteiger partial charge on any atom is 0.264 e. The monoisotopic (exact) mass is 328 g/mol. The van der Waals surface area contributed by atoms with Crippen LogP contribution in [0.3, 0.4) is 0 Å². The number of hydrogen-bond acceptors (Lipinski definition) is 5. The third kappa shape index (κ3) is 3.83. The molecule has 0 unspecified atom stereocenters. The van der Waals surface area contributed by atoms with E-state index in [0.29, 0.717) is 24.6 Å². The number of sulfonamides is 1. The molecule has 1 fully saturated rings. The summed E-state index contributed by atoms with van der Waals surface area (Å²) in [6.07, 6.45) is 0.924. The number of nitrogens with zero attached hydrogens (tertiary/aromatic N) is 1. The predicted octanol–water partition coefficient (Wildman–Crippen LogP) is 0.635. The Hall–Kier alpha value is -1.48. The van der Waals surface area contributed by atoms with Crippen molar-refractivity contribution in [2.75, 3.05) is 33.9 Å². The summed E-state index contributed by atoms with van der Waals surface area (Å²) in [5.74, 6) is 0.0134. The van der Waals surface area contributed by atoms with E-state index in [1.54, 1.807) is 6.07 Å². The van der Waals surface area contributed by atoms with E-state index in [-0.39, 0.29) is 10.8 Å². The number of benzene rings is 1. The average Bonchev–Trinajstić information content (AvgIpc) is 3.05. The summed E-state index contributed by atoms with van der Waals surface area (Å²) in [5, 5.41) is 2.80. The molecule has 0 aromatic heterocycles. The topological polar surface area (TPSA) is 84.9 Å². The number of hydrogen-bond donors (Lipinski definition) is 1. The van der Waals surface area contributed by atoms with Crippen molar-refractivity contribution in [2.24, 2.45) is 5.92 Å². The quantitative estimate of drug-likeness (QED) is 0.775. The molecule has 1 saturated heterocycles. The molecule has 1 aliphatic heterocycles. The molecule has 0 spiro atoms. The van der Waals surface area contributed by atoms with Gasteiger partial charge in [0.2, 0.25) is 0 Å². The summed E-state index contributed by atoms with van der Waals surface area (Å²) >= 11 is 0. The lowest BCUT2D eigenvalue weighted by atomic mass is 10.1. The van der Waals surface area contributed by atoms with Crippen LogP contribution < -0.4 is 5.32 Å². The minimum Gasteiger partial charge on any atom is -0.381 e. The first-order valence-corrected chi connectivity index (χ1v) is 8.38. The molecule has 1 amide bonds. The van der Waals surface area contributed by atoms with Crippen molar-refractivity contribution in [3.63, 3.8) is 0 Å². The van der Waals surface area contributed by atoms with E-state index in [4.69, 9.17) is 9.57 Å². The molecule has 0 bridgehead atoms. The molecule has 122 valence electrons. The van der Waals surface area contributed by atoms with Gasteiger partial charge in [-0.3, -0.25) is 9.63 Å². The van der Waals surface area contributed by atoms with Gasteiger partial charge in [0, 0.05) is 31.7 Å². The maximum absolute atomic E-state index is 12.2. The van der Waals surface area contributed by atoms with E-state index in [0.717, 1.165) is 17.5 Å². The zero-order chi connectivity index (χ0) is 16.2. The van der Waals surface area contributed by atoms with E-state index >= 15 is 0 Å². The van der Waals surface area contributed by atoms with Crippen LogP contribution >= 0.6 is 0 Å². The molecule has 1 N–H and O–H groups in total. The van der Waals surface area contributed by atoms with Gasteiger partial charge in [-0.25, -0.2) is 8.42 Å². The van der Waals surface area contributed by atoms with Gasteiger partial charge in [0.05, 0.1) is 18.6 Å². The molecular formula is C14H20N2O5S. The molecule has 22 heavy (non-hydrogen) atoms. The van der Waals surface area contributed by atoms with Crippen LogP contribution in [-0.2, 0) is 19.6 Å². The Morgan fingerprint density at radius 1 is 1.50 bits per heavy atom. The van der Waals surface area contributed by atoms with Gasteiger partial charge in [0.15, 0.2) is 0 Å². The van der Waals surface area contributed by atoms with E-state index in [9.17, 15) is 13.2 Å². The van der Waals surface area contributed by atoms with E-state index in [1.807, 2.05) is 0 Å². The van der Waals surface area contributed by atoms with Crippen LogP contribution in [0.25, 0.3) is 0 Å². The summed E-state index contributed by atoms with van der Waals surface area (Å²) in [5.41, 5.74) is 0.296. The summed E-state index contributed by atoms with van der Waals surface area (Å²) in [6.45, 7) is 1.89. The molecule has 0 saturated carbocycles. The second kappa shape index (κ2) is 7.19. The molecule has 0 aliphatic carbocycles. The van der Waals surface area contributed by atoms with Crippen molar-refractivity contribution in [2.45, 2.75) is 11.3 Å². The van der Waals surface area contributed by atoms with Crippen molar-refractivity contribution >= 4 is 15.9 Å². The Balaban J connectivity index is 2.08. The molecule has 7 nitrogen and oxygen atoms in total. The molecule has 1 aliphatic rings. The molecule has 1 aromatic rings. The van der Waals surface area contributed by atoms with Gasteiger partial charge in [0.1, 0.15) is 0 Å². The van der Waals surface area contributed by atoms with Crippen molar-refractivity contribution in [1.29, 1.82) is 0 Å². The molecule has 8 heteroatoms. The first-order chi connectivity index (χ1) is 10.4. The van der Waals surface area contributed by atoms with Crippen molar-refractivity contribution in [1.82, 2.24) is 9.79 Å². The Labute approximate surface area is 130 Å². The third-order valence-corrected chi connectivity index (χ3v) is 5.24. The van der Waals surface area contributed by atoms with Crippen LogP contribution in [0, 0.1) is 5.92 Å². The van der Waals surface area contributed by atoms with Crippen LogP contribution in [0.15, 0.2) is 29.2 Å². The van der Waals surface area contributed by atoms with Gasteiger partial charge < -0.3 is 10.1 Å². The Kier molecular flexibility index (Phi) is 5.52. The fourth-order valence-corrected chi connectivity index (χ4v) is 3.15. The second-order valence-electron chi connectivity index (χ2n) is 5.06. The Bertz CT molecular complexity index is 626. The molecule has 1 heterocycles. The van der Waals surface area contributed by atoms with Crippen LogP contribution in [0.5, 0.6) is 0 Å². The largest absolute Gasteiger partial charge is 0.381 e. The summed E-state index contributed by atoms with van der Waals surface area (Å²) in [6, 6.07) is 5.87. The Morgan fingerprint density at radius 3 is 2.91 bits per heavy atom. The lowest BCUT2D eigenvalue weighted by molar-refractivity contribution is -0.0258. The van der Waals surface area contributed by atoms with Gasteiger partial charge in [-0.15, -0.1) is 0 Å². The first kappa shape index (κ1) is 16.9. The van der Waals surface area contributed by atoms with Crippen LogP contribution in [0.1, 0.15) is 16.8 Å². The third-order valence-electron chi connectivity index (χ3n) is 3.56. The summed E-state index contributed by atoms with van der Waals surface area (Å²) in [7, 11) is -1.21. The van der Waals surface area contributed by atoms with Crippen molar-refractivity contribution in [3.8, 4) is 0 Å². The summed E-state index contributed by atoms with van der Waals surface area (Å²) < 4.78 is 30.3. The van der Waals surface area contributed by atoms with E-state index in [2.05, 4.69) is 5.32 Å². The number of ether oxygens (including phenoxy) is 1. The number of carbonyl (C=O) groups excluding carboxylic acids is 1.